The number of likely N-dealkylation sites (tertiary alicyclic amines) is 1. The van der Waals surface area contributed by atoms with Gasteiger partial charge in [-0.15, -0.1) is 0 Å². The van der Waals surface area contributed by atoms with Crippen molar-refractivity contribution in [2.75, 3.05) is 26.7 Å². The first-order valence-corrected chi connectivity index (χ1v) is 9.77. The average molecular weight is 468 g/mol. The lowest BCUT2D eigenvalue weighted by Crippen LogP contribution is -2.37. The number of nitrogens with one attached hydrogen (secondary N) is 1. The topological polar surface area (TPSA) is 41.6 Å². The molecule has 0 bridgehead atoms. The van der Waals surface area contributed by atoms with Gasteiger partial charge < -0.3 is 10.1 Å². The van der Waals surface area contributed by atoms with Gasteiger partial charge in [0.15, 0.2) is 0 Å². The molecule has 2 aromatic carbocycles. The number of ether oxygens (including phenoxy) is 1. The van der Waals surface area contributed by atoms with Crippen molar-refractivity contribution in [1.29, 1.82) is 0 Å². The number of halogens is 2. The maximum Gasteiger partial charge on any atom is 0.252 e. The molecule has 1 aliphatic heterocycles. The number of benzene rings is 2. The average Bonchev–Trinajstić information content (AvgIpc) is 3.16. The third kappa shape index (κ3) is 4.54. The molecule has 1 saturated heterocycles. The third-order valence-corrected chi connectivity index (χ3v) is 5.61. The largest absolute Gasteiger partial charge is 0.497 e. The Labute approximate surface area is 166 Å². The second-order valence-corrected chi connectivity index (χ2v) is 7.53. The Kier molecular flexibility index (Phi) is 6.48. The van der Waals surface area contributed by atoms with E-state index in [-0.39, 0.29) is 17.8 Å². The Balaban J connectivity index is 1.73. The van der Waals surface area contributed by atoms with Crippen molar-refractivity contribution < 1.29 is 13.9 Å². The van der Waals surface area contributed by atoms with E-state index in [2.05, 4.69) is 22.3 Å². The first-order chi connectivity index (χ1) is 12.6. The van der Waals surface area contributed by atoms with E-state index in [0.717, 1.165) is 24.4 Å². The second kappa shape index (κ2) is 8.81. The highest BCUT2D eigenvalue weighted by Gasteiger charge is 2.24. The minimum atomic E-state index is -0.334. The van der Waals surface area contributed by atoms with Crippen molar-refractivity contribution in [3.8, 4) is 5.75 Å². The van der Waals surface area contributed by atoms with Gasteiger partial charge in [0.25, 0.3) is 5.91 Å². The van der Waals surface area contributed by atoms with Crippen LogP contribution in [0.5, 0.6) is 5.75 Å². The number of carbonyl (C=O) groups excluding carboxylic acids is 1. The summed E-state index contributed by atoms with van der Waals surface area (Å²) in [6.07, 6.45) is 2.35. The smallest absolute Gasteiger partial charge is 0.252 e. The minimum Gasteiger partial charge on any atom is -0.497 e. The predicted molar refractivity (Wildman–Crippen MR) is 108 cm³/mol. The van der Waals surface area contributed by atoms with Crippen molar-refractivity contribution in [3.63, 3.8) is 0 Å². The Bertz CT molecular complexity index is 761. The maximum atomic E-state index is 13.3. The number of amides is 1. The molecule has 1 amide bonds. The third-order valence-electron chi connectivity index (χ3n) is 4.71. The number of rotatable bonds is 6. The van der Waals surface area contributed by atoms with Crippen molar-refractivity contribution >= 4 is 28.5 Å². The van der Waals surface area contributed by atoms with Gasteiger partial charge in [0.2, 0.25) is 0 Å². The zero-order valence-electron chi connectivity index (χ0n) is 14.7. The highest BCUT2D eigenvalue weighted by atomic mass is 127. The Hall–Kier alpha value is -1.67. The molecular weight excluding hydrogens is 446 g/mol. The first-order valence-electron chi connectivity index (χ1n) is 8.69. The molecule has 1 fully saturated rings. The van der Waals surface area contributed by atoms with Crippen molar-refractivity contribution in [2.24, 2.45) is 0 Å². The van der Waals surface area contributed by atoms with Crippen LogP contribution in [0.3, 0.4) is 0 Å². The fourth-order valence-electron chi connectivity index (χ4n) is 3.30. The molecule has 1 N–H and O–H groups in total. The van der Waals surface area contributed by atoms with E-state index in [4.69, 9.17) is 4.74 Å². The monoisotopic (exact) mass is 468 g/mol. The van der Waals surface area contributed by atoms with Gasteiger partial charge >= 0.3 is 0 Å². The molecule has 0 aliphatic carbocycles. The minimum absolute atomic E-state index is 0.116. The van der Waals surface area contributed by atoms with E-state index in [9.17, 15) is 9.18 Å². The van der Waals surface area contributed by atoms with Crippen molar-refractivity contribution in [3.05, 3.63) is 63.0 Å². The van der Waals surface area contributed by atoms with Crippen LogP contribution in [0.15, 0.2) is 42.5 Å². The summed E-state index contributed by atoms with van der Waals surface area (Å²) in [5.74, 6) is 0.310. The molecule has 4 nitrogen and oxygen atoms in total. The van der Waals surface area contributed by atoms with E-state index < -0.39 is 0 Å². The van der Waals surface area contributed by atoms with E-state index in [1.807, 2.05) is 34.7 Å². The molecule has 3 rings (SSSR count). The maximum absolute atomic E-state index is 13.3. The molecule has 1 heterocycles. The quantitative estimate of drug-likeness (QED) is 0.652. The van der Waals surface area contributed by atoms with Gasteiger partial charge in [-0.2, -0.15) is 0 Å². The summed E-state index contributed by atoms with van der Waals surface area (Å²) >= 11 is 1.99. The van der Waals surface area contributed by atoms with Crippen LogP contribution >= 0.6 is 22.6 Å². The van der Waals surface area contributed by atoms with Crippen molar-refractivity contribution in [2.45, 2.75) is 18.9 Å². The molecule has 0 spiro atoms. The summed E-state index contributed by atoms with van der Waals surface area (Å²) in [6.45, 7) is 2.57. The number of nitrogens with zero attached hydrogens (tertiary/aromatic N) is 1. The highest BCUT2D eigenvalue weighted by molar-refractivity contribution is 14.1. The van der Waals surface area contributed by atoms with Crippen LogP contribution in [0.1, 0.15) is 34.8 Å². The van der Waals surface area contributed by atoms with Gasteiger partial charge in [-0.3, -0.25) is 9.69 Å². The lowest BCUT2D eigenvalue weighted by atomic mass is 10.0. The van der Waals surface area contributed by atoms with Gasteiger partial charge in [-0.25, -0.2) is 4.39 Å². The zero-order chi connectivity index (χ0) is 18.5. The van der Waals surface area contributed by atoms with E-state index in [1.54, 1.807) is 7.11 Å². The van der Waals surface area contributed by atoms with Crippen LogP contribution in [0, 0.1) is 9.39 Å². The normalized spacial score (nSPS) is 15.7. The van der Waals surface area contributed by atoms with Crippen LogP contribution in [0.4, 0.5) is 4.39 Å². The van der Waals surface area contributed by atoms with E-state index in [1.165, 1.54) is 31.0 Å². The summed E-state index contributed by atoms with van der Waals surface area (Å²) in [7, 11) is 1.65. The Morgan fingerprint density at radius 3 is 2.54 bits per heavy atom. The van der Waals surface area contributed by atoms with E-state index >= 15 is 0 Å². The van der Waals surface area contributed by atoms with E-state index in [0.29, 0.717) is 15.7 Å². The molecule has 138 valence electrons. The molecule has 0 saturated carbocycles. The van der Waals surface area contributed by atoms with Crippen LogP contribution in [-0.2, 0) is 0 Å². The molecule has 1 atom stereocenters. The van der Waals surface area contributed by atoms with Gasteiger partial charge in [0, 0.05) is 10.1 Å². The summed E-state index contributed by atoms with van der Waals surface area (Å²) in [5.41, 5.74) is 1.66. The Morgan fingerprint density at radius 1 is 1.23 bits per heavy atom. The summed E-state index contributed by atoms with van der Waals surface area (Å²) < 4.78 is 19.1. The molecule has 0 aromatic heterocycles. The first kappa shape index (κ1) is 19.1. The van der Waals surface area contributed by atoms with Crippen molar-refractivity contribution in [1.82, 2.24) is 10.2 Å². The standard InChI is InChI=1S/C20H22FIN2O2/c1-26-16-7-4-14(5-8-16)19(24-10-2-3-11-24)13-23-20(25)17-9-6-15(21)12-18(17)22/h4-9,12,19H,2-3,10-11,13H2,1H3,(H,23,25). The second-order valence-electron chi connectivity index (χ2n) is 6.37. The Morgan fingerprint density at radius 2 is 1.92 bits per heavy atom. The van der Waals surface area contributed by atoms with Gasteiger partial charge in [-0.1, -0.05) is 12.1 Å². The van der Waals surface area contributed by atoms with Crippen LogP contribution in [-0.4, -0.2) is 37.6 Å². The number of hydrogen-bond donors (Lipinski definition) is 1. The molecule has 26 heavy (non-hydrogen) atoms. The molecular formula is C20H22FIN2O2. The molecule has 1 aliphatic rings. The summed E-state index contributed by atoms with van der Waals surface area (Å²) in [6, 6.07) is 12.3. The lowest BCUT2D eigenvalue weighted by molar-refractivity contribution is 0.0937. The highest BCUT2D eigenvalue weighted by Crippen LogP contribution is 2.26. The van der Waals surface area contributed by atoms with Crippen LogP contribution < -0.4 is 10.1 Å². The van der Waals surface area contributed by atoms with Crippen LogP contribution in [0.2, 0.25) is 0 Å². The van der Waals surface area contributed by atoms with Gasteiger partial charge in [-0.05, 0) is 84.4 Å². The number of methoxy groups -OCH3 is 1. The van der Waals surface area contributed by atoms with Gasteiger partial charge in [0.05, 0.1) is 18.7 Å². The SMILES string of the molecule is COc1ccc(C(CNC(=O)c2ccc(F)cc2I)N2CCCC2)cc1. The fraction of sp³-hybridized carbons (Fsp3) is 0.350. The fourth-order valence-corrected chi connectivity index (χ4v) is 4.02. The predicted octanol–water partition coefficient (Wildman–Crippen LogP) is 4.01. The zero-order valence-corrected chi connectivity index (χ0v) is 16.8. The molecule has 6 heteroatoms. The summed E-state index contributed by atoms with van der Waals surface area (Å²) in [4.78, 5) is 15.0. The lowest BCUT2D eigenvalue weighted by Gasteiger charge is -2.28. The molecule has 1 unspecified atom stereocenters. The summed E-state index contributed by atoms with van der Waals surface area (Å²) in [5, 5.41) is 3.02. The molecule has 0 radical (unpaired) electrons. The molecule has 2 aromatic rings. The van der Waals surface area contributed by atoms with Gasteiger partial charge in [0.1, 0.15) is 11.6 Å². The van der Waals surface area contributed by atoms with Crippen LogP contribution in [0.25, 0.3) is 0 Å². The number of hydrogen-bond acceptors (Lipinski definition) is 3. The number of carbonyl (C=O) groups is 1.